The summed E-state index contributed by atoms with van der Waals surface area (Å²) in [5.74, 6) is 0. The molecule has 5 heteroatoms. The Balaban J connectivity index is 3.25. The van der Waals surface area contributed by atoms with Crippen LogP contribution in [0, 0.1) is 11.3 Å². The number of benzene rings is 1. The molecule has 12 heavy (non-hydrogen) atoms. The molecule has 0 spiro atoms. The van der Waals surface area contributed by atoms with Crippen LogP contribution in [0.5, 0.6) is 0 Å². The standard InChI is InChI=1S/C7H3Cl2NS2/c8-11-6-2-1-3-7(12-9)5(6)4-10/h1-3H. The fourth-order valence-corrected chi connectivity index (χ4v) is 2.31. The lowest BCUT2D eigenvalue weighted by atomic mass is 10.2. The van der Waals surface area contributed by atoms with E-state index >= 15 is 0 Å². The molecule has 1 rings (SSSR count). The maximum absolute atomic E-state index is 8.77. The lowest BCUT2D eigenvalue weighted by Gasteiger charge is -2.00. The minimum absolute atomic E-state index is 0.539. The lowest BCUT2D eigenvalue weighted by Crippen LogP contribution is -1.81. The smallest absolute Gasteiger partial charge is 0.102 e. The molecular formula is C7H3Cl2NS2. The van der Waals surface area contributed by atoms with Gasteiger partial charge in [0.2, 0.25) is 0 Å². The quantitative estimate of drug-likeness (QED) is 0.773. The van der Waals surface area contributed by atoms with Crippen molar-refractivity contribution in [3.05, 3.63) is 23.8 Å². The molecule has 1 aromatic carbocycles. The molecule has 0 saturated heterocycles. The van der Waals surface area contributed by atoms with Crippen LogP contribution in [-0.4, -0.2) is 0 Å². The van der Waals surface area contributed by atoms with Gasteiger partial charge < -0.3 is 0 Å². The van der Waals surface area contributed by atoms with Crippen LogP contribution in [0.1, 0.15) is 5.56 Å². The molecule has 0 aliphatic rings. The van der Waals surface area contributed by atoms with Gasteiger partial charge in [-0.3, -0.25) is 0 Å². The van der Waals surface area contributed by atoms with Crippen LogP contribution in [0.15, 0.2) is 28.0 Å². The second-order valence-corrected chi connectivity index (χ2v) is 4.01. The Labute approximate surface area is 88.0 Å². The Hall–Kier alpha value is -0.0100. The van der Waals surface area contributed by atoms with E-state index in [9.17, 15) is 0 Å². The normalized spacial score (nSPS) is 9.42. The third-order valence-electron chi connectivity index (χ3n) is 1.27. The molecule has 62 valence electrons. The third-order valence-corrected chi connectivity index (χ3v) is 3.28. The van der Waals surface area contributed by atoms with E-state index in [0.717, 1.165) is 31.7 Å². The summed E-state index contributed by atoms with van der Waals surface area (Å²) in [6.07, 6.45) is 0. The first-order valence-corrected chi connectivity index (χ1v) is 6.22. The molecule has 1 aromatic rings. The molecule has 0 aromatic heterocycles. The Kier molecular flexibility index (Phi) is 4.10. The van der Waals surface area contributed by atoms with Crippen LogP contribution in [0.3, 0.4) is 0 Å². The third kappa shape index (κ3) is 2.02. The predicted molar refractivity (Wildman–Crippen MR) is 54.6 cm³/mol. The molecule has 0 unspecified atom stereocenters. The molecule has 0 saturated carbocycles. The average molecular weight is 236 g/mol. The van der Waals surface area contributed by atoms with Gasteiger partial charge in [0.15, 0.2) is 0 Å². The van der Waals surface area contributed by atoms with E-state index in [0.29, 0.717) is 5.56 Å². The van der Waals surface area contributed by atoms with Gasteiger partial charge in [-0.2, -0.15) is 5.26 Å². The average Bonchev–Trinajstić information content (AvgIpc) is 2.16. The molecule has 0 radical (unpaired) electrons. The fourth-order valence-electron chi connectivity index (χ4n) is 0.750. The molecule has 0 bridgehead atoms. The Bertz CT molecular complexity index is 299. The van der Waals surface area contributed by atoms with Crippen molar-refractivity contribution in [3.63, 3.8) is 0 Å². The summed E-state index contributed by atoms with van der Waals surface area (Å²) in [5, 5.41) is 8.77. The predicted octanol–water partition coefficient (Wildman–Crippen LogP) is 4.05. The minimum atomic E-state index is 0.539. The summed E-state index contributed by atoms with van der Waals surface area (Å²) in [4.78, 5) is 1.48. The summed E-state index contributed by atoms with van der Waals surface area (Å²) in [5.41, 5.74) is 0.539. The first kappa shape index (κ1) is 10.1. The minimum Gasteiger partial charge on any atom is -0.192 e. The summed E-state index contributed by atoms with van der Waals surface area (Å²) in [7, 11) is 13.2. The largest absolute Gasteiger partial charge is 0.192 e. The fraction of sp³-hybridized carbons (Fsp3) is 0. The SMILES string of the molecule is N#Cc1c(SCl)cccc1SCl. The van der Waals surface area contributed by atoms with Gasteiger partial charge >= 0.3 is 0 Å². The Morgan fingerprint density at radius 2 is 1.67 bits per heavy atom. The van der Waals surface area contributed by atoms with Crippen molar-refractivity contribution in [3.8, 4) is 6.07 Å². The van der Waals surface area contributed by atoms with Gasteiger partial charge in [0.25, 0.3) is 0 Å². The second kappa shape index (κ2) is 4.88. The van der Waals surface area contributed by atoms with Crippen molar-refractivity contribution >= 4 is 43.3 Å². The van der Waals surface area contributed by atoms with Crippen molar-refractivity contribution in [2.45, 2.75) is 9.79 Å². The zero-order chi connectivity index (χ0) is 8.97. The summed E-state index contributed by atoms with van der Waals surface area (Å²) >= 11 is 0. The van der Waals surface area contributed by atoms with Crippen molar-refractivity contribution in [1.82, 2.24) is 0 Å². The maximum Gasteiger partial charge on any atom is 0.102 e. The number of halogens is 2. The van der Waals surface area contributed by atoms with E-state index in [1.54, 1.807) is 12.1 Å². The van der Waals surface area contributed by atoms with Gasteiger partial charge in [-0.15, -0.1) is 0 Å². The van der Waals surface area contributed by atoms with E-state index in [1.807, 2.05) is 6.07 Å². The van der Waals surface area contributed by atoms with Crippen LogP contribution in [0.4, 0.5) is 0 Å². The maximum atomic E-state index is 8.77. The monoisotopic (exact) mass is 235 g/mol. The van der Waals surface area contributed by atoms with E-state index < -0.39 is 0 Å². The van der Waals surface area contributed by atoms with Crippen LogP contribution in [0.25, 0.3) is 0 Å². The van der Waals surface area contributed by atoms with E-state index in [2.05, 4.69) is 6.07 Å². The molecule has 0 aliphatic heterocycles. The van der Waals surface area contributed by atoms with Gasteiger partial charge in [-0.05, 0) is 55.4 Å². The molecule has 0 N–H and O–H groups in total. The van der Waals surface area contributed by atoms with Gasteiger partial charge in [0, 0.05) is 9.79 Å². The van der Waals surface area contributed by atoms with Gasteiger partial charge in [0.1, 0.15) is 6.07 Å². The number of nitriles is 1. The molecular weight excluding hydrogens is 233 g/mol. The van der Waals surface area contributed by atoms with Crippen LogP contribution in [-0.2, 0) is 0 Å². The highest BCUT2D eigenvalue weighted by Crippen LogP contribution is 2.33. The summed E-state index contributed by atoms with van der Waals surface area (Å²) < 4.78 is 0. The van der Waals surface area contributed by atoms with Crippen molar-refractivity contribution in [2.24, 2.45) is 0 Å². The Morgan fingerprint density at radius 1 is 1.17 bits per heavy atom. The van der Waals surface area contributed by atoms with E-state index in [1.165, 1.54) is 0 Å². The number of hydrogen-bond acceptors (Lipinski definition) is 3. The number of hydrogen-bond donors (Lipinski definition) is 0. The zero-order valence-electron chi connectivity index (χ0n) is 5.75. The van der Waals surface area contributed by atoms with Gasteiger partial charge in [-0.25, -0.2) is 0 Å². The van der Waals surface area contributed by atoms with Crippen LogP contribution < -0.4 is 0 Å². The van der Waals surface area contributed by atoms with Crippen molar-refractivity contribution in [2.75, 3.05) is 0 Å². The van der Waals surface area contributed by atoms with Crippen molar-refractivity contribution < 1.29 is 0 Å². The molecule has 0 atom stereocenters. The van der Waals surface area contributed by atoms with Gasteiger partial charge in [0.05, 0.1) is 5.56 Å². The zero-order valence-corrected chi connectivity index (χ0v) is 8.90. The molecule has 0 fully saturated rings. The van der Waals surface area contributed by atoms with Gasteiger partial charge in [-0.1, -0.05) is 6.07 Å². The molecule has 0 heterocycles. The highest BCUT2D eigenvalue weighted by atomic mass is 35.7. The molecule has 0 amide bonds. The second-order valence-electron chi connectivity index (χ2n) is 1.90. The van der Waals surface area contributed by atoms with E-state index in [-0.39, 0.29) is 0 Å². The summed E-state index contributed by atoms with van der Waals surface area (Å²) in [6.45, 7) is 0. The van der Waals surface area contributed by atoms with Crippen LogP contribution in [0.2, 0.25) is 0 Å². The first-order valence-electron chi connectivity index (χ1n) is 2.93. The first-order chi connectivity index (χ1) is 5.83. The van der Waals surface area contributed by atoms with Crippen molar-refractivity contribution in [1.29, 1.82) is 5.26 Å². The number of nitrogens with zero attached hydrogens (tertiary/aromatic N) is 1. The topological polar surface area (TPSA) is 23.8 Å². The summed E-state index contributed by atoms with van der Waals surface area (Å²) in [6, 6.07) is 7.44. The van der Waals surface area contributed by atoms with E-state index in [4.69, 9.17) is 26.6 Å². The lowest BCUT2D eigenvalue weighted by molar-refractivity contribution is 1.27. The van der Waals surface area contributed by atoms with Crippen LogP contribution >= 0.6 is 43.3 Å². The molecule has 0 aliphatic carbocycles. The highest BCUT2D eigenvalue weighted by Gasteiger charge is 2.06. The Morgan fingerprint density at radius 3 is 2.00 bits per heavy atom. The highest BCUT2D eigenvalue weighted by molar-refractivity contribution is 8.21. The molecule has 1 nitrogen and oxygen atoms in total. The number of rotatable bonds is 2.